The van der Waals surface area contributed by atoms with Crippen molar-refractivity contribution in [1.82, 2.24) is 20.1 Å². The minimum Gasteiger partial charge on any atom is -0.342 e. The summed E-state index contributed by atoms with van der Waals surface area (Å²) < 4.78 is 1.04. The van der Waals surface area contributed by atoms with E-state index in [9.17, 15) is 4.79 Å². The topological polar surface area (TPSA) is 74.2 Å². The first-order chi connectivity index (χ1) is 11.2. The molecule has 1 N–H and O–H groups in total. The molecule has 120 valence electrons. The fourth-order valence-corrected chi connectivity index (χ4v) is 2.71. The van der Waals surface area contributed by atoms with E-state index in [4.69, 9.17) is 0 Å². The van der Waals surface area contributed by atoms with Crippen LogP contribution >= 0.6 is 15.9 Å². The molecule has 0 spiro atoms. The van der Waals surface area contributed by atoms with Gasteiger partial charge in [0.1, 0.15) is 0 Å². The highest BCUT2D eigenvalue weighted by atomic mass is 79.9. The third-order valence-electron chi connectivity index (χ3n) is 3.74. The van der Waals surface area contributed by atoms with Gasteiger partial charge in [0, 0.05) is 36.3 Å². The van der Waals surface area contributed by atoms with Crippen LogP contribution in [-0.4, -0.2) is 52.7 Å². The van der Waals surface area contributed by atoms with Gasteiger partial charge in [0.2, 0.25) is 12.4 Å². The minimum atomic E-state index is 0.576. The molecule has 8 heteroatoms. The number of anilines is 3. The van der Waals surface area contributed by atoms with Crippen LogP contribution in [0.4, 0.5) is 17.5 Å². The predicted molar refractivity (Wildman–Crippen MR) is 91.8 cm³/mol. The van der Waals surface area contributed by atoms with Crippen molar-refractivity contribution in [3.63, 3.8) is 0 Å². The number of carbonyl (C=O) groups excluding carboxylic acids is 1. The Morgan fingerprint density at radius 1 is 1.26 bits per heavy atom. The third-order valence-corrected chi connectivity index (χ3v) is 4.59. The first-order valence-corrected chi connectivity index (χ1v) is 8.12. The average molecular weight is 377 g/mol. The van der Waals surface area contributed by atoms with Crippen molar-refractivity contribution < 1.29 is 4.79 Å². The number of hydrogen-bond donors (Lipinski definition) is 1. The SMILES string of the molecule is Cc1ccc(Nc2cnnc(N3CCN(C=O)CC3)n2)cc1Br. The van der Waals surface area contributed by atoms with Crippen LogP contribution in [0.25, 0.3) is 0 Å². The van der Waals surface area contributed by atoms with Gasteiger partial charge in [-0.3, -0.25) is 4.79 Å². The molecule has 1 saturated heterocycles. The lowest BCUT2D eigenvalue weighted by Crippen LogP contribution is -2.46. The second-order valence-corrected chi connectivity index (χ2v) is 6.21. The summed E-state index contributed by atoms with van der Waals surface area (Å²) in [6.07, 6.45) is 2.47. The molecule has 2 heterocycles. The molecule has 1 amide bonds. The highest BCUT2D eigenvalue weighted by molar-refractivity contribution is 9.10. The van der Waals surface area contributed by atoms with Gasteiger partial charge in [-0.1, -0.05) is 22.0 Å². The summed E-state index contributed by atoms with van der Waals surface area (Å²) in [4.78, 5) is 19.1. The molecule has 1 aromatic carbocycles. The van der Waals surface area contributed by atoms with Gasteiger partial charge in [0.25, 0.3) is 0 Å². The Bertz CT molecular complexity index is 702. The van der Waals surface area contributed by atoms with E-state index in [1.165, 1.54) is 5.56 Å². The number of hydrogen-bond acceptors (Lipinski definition) is 6. The Morgan fingerprint density at radius 2 is 2.04 bits per heavy atom. The zero-order valence-corrected chi connectivity index (χ0v) is 14.3. The van der Waals surface area contributed by atoms with Crippen LogP contribution in [-0.2, 0) is 4.79 Å². The van der Waals surface area contributed by atoms with Gasteiger partial charge in [-0.05, 0) is 24.6 Å². The minimum absolute atomic E-state index is 0.576. The maximum Gasteiger partial charge on any atom is 0.247 e. The van der Waals surface area contributed by atoms with Crippen LogP contribution in [0.1, 0.15) is 5.56 Å². The van der Waals surface area contributed by atoms with E-state index in [-0.39, 0.29) is 0 Å². The summed E-state index contributed by atoms with van der Waals surface area (Å²) in [5, 5.41) is 11.4. The maximum absolute atomic E-state index is 10.8. The third kappa shape index (κ3) is 3.76. The average Bonchev–Trinajstić information content (AvgIpc) is 2.58. The lowest BCUT2D eigenvalue weighted by Gasteiger charge is -2.32. The second-order valence-electron chi connectivity index (χ2n) is 5.36. The van der Waals surface area contributed by atoms with E-state index < -0.39 is 0 Å². The highest BCUT2D eigenvalue weighted by Crippen LogP contribution is 2.23. The van der Waals surface area contributed by atoms with Crippen molar-refractivity contribution in [3.8, 4) is 0 Å². The van der Waals surface area contributed by atoms with Crippen molar-refractivity contribution in [2.24, 2.45) is 0 Å². The summed E-state index contributed by atoms with van der Waals surface area (Å²) in [6.45, 7) is 4.81. The Labute approximate surface area is 142 Å². The quantitative estimate of drug-likeness (QED) is 0.822. The molecule has 1 aromatic heterocycles. The number of aryl methyl sites for hydroxylation is 1. The van der Waals surface area contributed by atoms with Crippen molar-refractivity contribution >= 4 is 39.8 Å². The molecule has 23 heavy (non-hydrogen) atoms. The number of aromatic nitrogens is 3. The second kappa shape index (κ2) is 6.91. The number of benzene rings is 1. The fourth-order valence-electron chi connectivity index (χ4n) is 2.33. The lowest BCUT2D eigenvalue weighted by molar-refractivity contribution is -0.118. The molecular weight excluding hydrogens is 360 g/mol. The molecule has 0 radical (unpaired) electrons. The first-order valence-electron chi connectivity index (χ1n) is 7.33. The van der Waals surface area contributed by atoms with E-state index in [0.29, 0.717) is 37.9 Å². The number of nitrogens with zero attached hydrogens (tertiary/aromatic N) is 5. The van der Waals surface area contributed by atoms with Gasteiger partial charge >= 0.3 is 0 Å². The normalized spacial score (nSPS) is 14.7. The molecular formula is C15H17BrN6O. The van der Waals surface area contributed by atoms with Crippen molar-refractivity contribution in [3.05, 3.63) is 34.4 Å². The van der Waals surface area contributed by atoms with E-state index >= 15 is 0 Å². The molecule has 1 aliphatic rings. The van der Waals surface area contributed by atoms with Gasteiger partial charge < -0.3 is 15.1 Å². The number of rotatable bonds is 4. The van der Waals surface area contributed by atoms with Gasteiger partial charge in [-0.25, -0.2) is 0 Å². The van der Waals surface area contributed by atoms with Gasteiger partial charge in [-0.2, -0.15) is 10.1 Å². The summed E-state index contributed by atoms with van der Waals surface area (Å²) >= 11 is 3.52. The number of amides is 1. The Morgan fingerprint density at radius 3 is 2.74 bits per heavy atom. The molecule has 1 fully saturated rings. The highest BCUT2D eigenvalue weighted by Gasteiger charge is 2.18. The predicted octanol–water partition coefficient (Wildman–Crippen LogP) is 1.96. The molecule has 0 saturated carbocycles. The number of carbonyl (C=O) groups is 1. The van der Waals surface area contributed by atoms with Crippen LogP contribution in [0, 0.1) is 6.92 Å². The van der Waals surface area contributed by atoms with Crippen molar-refractivity contribution in [1.29, 1.82) is 0 Å². The van der Waals surface area contributed by atoms with Crippen molar-refractivity contribution in [2.75, 3.05) is 36.4 Å². The number of halogens is 1. The van der Waals surface area contributed by atoms with E-state index in [0.717, 1.165) is 16.6 Å². The summed E-state index contributed by atoms with van der Waals surface area (Å²) in [6, 6.07) is 6.02. The van der Waals surface area contributed by atoms with Gasteiger partial charge in [0.15, 0.2) is 5.82 Å². The monoisotopic (exact) mass is 376 g/mol. The van der Waals surface area contributed by atoms with E-state index in [1.807, 2.05) is 30.0 Å². The first kappa shape index (κ1) is 15.7. The smallest absolute Gasteiger partial charge is 0.247 e. The van der Waals surface area contributed by atoms with Gasteiger partial charge in [-0.15, -0.1) is 5.10 Å². The van der Waals surface area contributed by atoms with Crippen LogP contribution in [0.3, 0.4) is 0 Å². The molecule has 0 atom stereocenters. The lowest BCUT2D eigenvalue weighted by atomic mass is 10.2. The maximum atomic E-state index is 10.8. The van der Waals surface area contributed by atoms with Crippen LogP contribution < -0.4 is 10.2 Å². The van der Waals surface area contributed by atoms with Gasteiger partial charge in [0.05, 0.1) is 6.20 Å². The Kier molecular flexibility index (Phi) is 4.71. The largest absolute Gasteiger partial charge is 0.342 e. The molecule has 0 unspecified atom stereocenters. The number of piperazine rings is 1. The Balaban J connectivity index is 1.72. The van der Waals surface area contributed by atoms with Crippen molar-refractivity contribution in [2.45, 2.75) is 6.92 Å². The van der Waals surface area contributed by atoms with E-state index in [2.05, 4.69) is 36.4 Å². The Hall–Kier alpha value is -2.22. The molecule has 0 aliphatic carbocycles. The van der Waals surface area contributed by atoms with Crippen LogP contribution in [0.5, 0.6) is 0 Å². The standard InChI is InChI=1S/C15H17BrN6O/c1-11-2-3-12(8-13(11)16)18-14-9-17-20-15(19-14)22-6-4-21(10-23)5-7-22/h2-3,8-10H,4-7H2,1H3,(H,18,19,20). The summed E-state index contributed by atoms with van der Waals surface area (Å²) in [7, 11) is 0. The summed E-state index contributed by atoms with van der Waals surface area (Å²) in [5.41, 5.74) is 2.10. The summed E-state index contributed by atoms with van der Waals surface area (Å²) in [5.74, 6) is 1.22. The molecule has 1 aliphatic heterocycles. The number of nitrogens with one attached hydrogen (secondary N) is 1. The molecule has 2 aromatic rings. The zero-order valence-electron chi connectivity index (χ0n) is 12.7. The molecule has 7 nitrogen and oxygen atoms in total. The van der Waals surface area contributed by atoms with Crippen LogP contribution in [0.2, 0.25) is 0 Å². The molecule has 3 rings (SSSR count). The van der Waals surface area contributed by atoms with Crippen LogP contribution in [0.15, 0.2) is 28.9 Å². The fraction of sp³-hybridized carbons (Fsp3) is 0.333. The van der Waals surface area contributed by atoms with E-state index in [1.54, 1.807) is 11.1 Å². The molecule has 0 bridgehead atoms. The zero-order chi connectivity index (χ0) is 16.2.